The molecule has 8 heteroatoms. The quantitative estimate of drug-likeness (QED) is 0.149. The normalized spacial score (nSPS) is 10.4. The number of aryl methyl sites for hydroxylation is 1. The largest absolute Gasteiger partial charge is 0.493 e. The van der Waals surface area contributed by atoms with Crippen LogP contribution in [0, 0.1) is 29.5 Å². The van der Waals surface area contributed by atoms with E-state index < -0.39 is 11.2 Å². The predicted molar refractivity (Wildman–Crippen MR) is 182 cm³/mol. The number of hydrogen-bond acceptors (Lipinski definition) is 5. The van der Waals surface area contributed by atoms with Crippen LogP contribution < -0.4 is 20.7 Å². The molecule has 2 rings (SSSR count). The fourth-order valence-corrected chi connectivity index (χ4v) is 3.56. The lowest BCUT2D eigenvalue weighted by molar-refractivity contribution is 0.251. The number of nitrogens with zero attached hydrogens (tertiary/aromatic N) is 2. The molecule has 7 nitrogen and oxygen atoms in total. The van der Waals surface area contributed by atoms with Crippen molar-refractivity contribution in [2.75, 3.05) is 23.8 Å². The third-order valence-electron chi connectivity index (χ3n) is 6.24. The summed E-state index contributed by atoms with van der Waals surface area (Å²) in [6.45, 7) is 22.7. The Hall–Kier alpha value is -3.86. The number of benzene rings is 2. The summed E-state index contributed by atoms with van der Waals surface area (Å²) in [4.78, 5) is 16.6. The van der Waals surface area contributed by atoms with Crippen LogP contribution in [0.2, 0.25) is 0 Å². The molecule has 238 valence electrons. The number of unbranched alkanes of at least 4 members (excludes halogenated alkanes) is 3. The molecule has 2 amide bonds. The van der Waals surface area contributed by atoms with Crippen molar-refractivity contribution in [1.82, 2.24) is 5.32 Å². The van der Waals surface area contributed by atoms with Crippen molar-refractivity contribution in [3.63, 3.8) is 0 Å². The fraction of sp³-hybridized carbons (Fsp3) is 0.514. The van der Waals surface area contributed by atoms with Crippen molar-refractivity contribution >= 4 is 35.0 Å². The lowest BCUT2D eigenvalue weighted by atomic mass is 9.92. The first-order chi connectivity index (χ1) is 20.5. The van der Waals surface area contributed by atoms with Gasteiger partial charge in [-0.2, -0.15) is 5.26 Å². The molecule has 0 fully saturated rings. The Kier molecular flexibility index (Phi) is 19.8. The van der Waals surface area contributed by atoms with E-state index in [0.29, 0.717) is 48.1 Å². The molecule has 0 aromatic heterocycles. The van der Waals surface area contributed by atoms with Crippen LogP contribution in [0.25, 0.3) is 5.70 Å². The van der Waals surface area contributed by atoms with Crippen LogP contribution >= 0.6 is 0 Å². The highest BCUT2D eigenvalue weighted by molar-refractivity contribution is 5.91. The molecule has 3 N–H and O–H groups in total. The van der Waals surface area contributed by atoms with E-state index in [-0.39, 0.29) is 11.6 Å². The van der Waals surface area contributed by atoms with Gasteiger partial charge >= 0.3 is 6.03 Å². The van der Waals surface area contributed by atoms with Crippen molar-refractivity contribution < 1.29 is 13.9 Å². The standard InChI is InChI=1S/C29H38FN5O2.C4H10.C2H6/c1-7-9-10-15-37-23-17-24(30)27(26(18-23)32-8-2)21(4)34-22-11-12-25(20(3)16-22)35-28(36)33-14-13-29(5,6)19-31;1-3-4-2;1-2/h8,11-12,16-18,34H,4,7,9-10,13-15H2,1-3,5-6H3,(H2,33,35,36);3-4H2,1-2H3;1-2H3. The number of halogens is 1. The number of nitriles is 1. The number of anilines is 2. The maximum Gasteiger partial charge on any atom is 0.319 e. The summed E-state index contributed by atoms with van der Waals surface area (Å²) >= 11 is 0. The third-order valence-corrected chi connectivity index (χ3v) is 6.24. The van der Waals surface area contributed by atoms with Gasteiger partial charge in [0, 0.05) is 42.0 Å². The number of amides is 2. The summed E-state index contributed by atoms with van der Waals surface area (Å²) in [5, 5.41) is 17.8. The molecule has 0 saturated heterocycles. The van der Waals surface area contributed by atoms with E-state index in [0.717, 1.165) is 24.8 Å². The zero-order valence-electron chi connectivity index (χ0n) is 27.9. The number of urea groups is 1. The van der Waals surface area contributed by atoms with E-state index in [2.05, 4.69) is 54.4 Å². The van der Waals surface area contributed by atoms with E-state index in [1.54, 1.807) is 31.3 Å². The molecule has 0 saturated carbocycles. The number of carbonyl (C=O) groups excluding carboxylic acids is 1. The fourth-order valence-electron chi connectivity index (χ4n) is 3.56. The summed E-state index contributed by atoms with van der Waals surface area (Å²) in [6.07, 6.45) is 7.84. The van der Waals surface area contributed by atoms with E-state index >= 15 is 4.39 Å². The second-order valence-electron chi connectivity index (χ2n) is 10.5. The smallest absolute Gasteiger partial charge is 0.319 e. The van der Waals surface area contributed by atoms with Crippen LogP contribution in [0.5, 0.6) is 5.75 Å². The molecule has 43 heavy (non-hydrogen) atoms. The molecule has 0 spiro atoms. The minimum atomic E-state index is -0.497. The summed E-state index contributed by atoms with van der Waals surface area (Å²) in [7, 11) is 0. The van der Waals surface area contributed by atoms with Crippen molar-refractivity contribution in [2.45, 2.75) is 101 Å². The van der Waals surface area contributed by atoms with Gasteiger partial charge in [-0.3, -0.25) is 4.99 Å². The average Bonchev–Trinajstić information content (AvgIpc) is 2.98. The molecule has 0 radical (unpaired) electrons. The number of rotatable bonds is 14. The van der Waals surface area contributed by atoms with Gasteiger partial charge in [-0.1, -0.05) is 66.9 Å². The van der Waals surface area contributed by atoms with Gasteiger partial charge in [0.15, 0.2) is 0 Å². The Bertz CT molecular complexity index is 1200. The van der Waals surface area contributed by atoms with Crippen LogP contribution in [0.3, 0.4) is 0 Å². The minimum absolute atomic E-state index is 0.263. The van der Waals surface area contributed by atoms with Crippen LogP contribution in [0.1, 0.15) is 105 Å². The topological polar surface area (TPSA) is 98.5 Å². The highest BCUT2D eigenvalue weighted by atomic mass is 19.1. The van der Waals surface area contributed by atoms with Gasteiger partial charge in [-0.15, -0.1) is 0 Å². The van der Waals surface area contributed by atoms with Crippen LogP contribution in [0.15, 0.2) is 41.9 Å². The SMILES string of the molecule is C=C(Nc1ccc(NC(=O)NCCC(C)(C)C#N)c(C)c1)c1c(F)cc(OCCCCC)cc1N=CC.CC.CCCC. The second-order valence-corrected chi connectivity index (χ2v) is 10.5. The van der Waals surface area contributed by atoms with Crippen molar-refractivity contribution in [1.29, 1.82) is 5.26 Å². The summed E-state index contributed by atoms with van der Waals surface area (Å²) < 4.78 is 20.8. The van der Waals surface area contributed by atoms with Gasteiger partial charge in [0.1, 0.15) is 11.6 Å². The Morgan fingerprint density at radius 2 is 1.77 bits per heavy atom. The number of aliphatic imine (C=N–C) groups is 1. The first kappa shape index (κ1) is 39.1. The van der Waals surface area contributed by atoms with E-state index in [1.807, 2.05) is 40.7 Å². The maximum atomic E-state index is 15.1. The molecule has 2 aromatic carbocycles. The van der Waals surface area contributed by atoms with Gasteiger partial charge < -0.3 is 20.7 Å². The maximum absolute atomic E-state index is 15.1. The number of carbonyl (C=O) groups is 1. The minimum Gasteiger partial charge on any atom is -0.493 e. The molecule has 0 atom stereocenters. The van der Waals surface area contributed by atoms with Crippen molar-refractivity contribution in [3.05, 3.63) is 53.9 Å². The van der Waals surface area contributed by atoms with Crippen LogP contribution in [0.4, 0.5) is 26.2 Å². The molecule has 2 aromatic rings. The van der Waals surface area contributed by atoms with E-state index in [4.69, 9.17) is 10.00 Å². The Balaban J connectivity index is 0.00000270. The van der Waals surface area contributed by atoms with Gasteiger partial charge in [0.05, 0.1) is 29.3 Å². The zero-order chi connectivity index (χ0) is 32.8. The predicted octanol–water partition coefficient (Wildman–Crippen LogP) is 10.4. The number of ether oxygens (including phenoxy) is 1. The first-order valence-corrected chi connectivity index (χ1v) is 15.5. The third kappa shape index (κ3) is 15.3. The highest BCUT2D eigenvalue weighted by Gasteiger charge is 2.17. The molecular weight excluding hydrogens is 541 g/mol. The van der Waals surface area contributed by atoms with Crippen LogP contribution in [-0.2, 0) is 0 Å². The molecular formula is C35H54FN5O2. The Labute approximate surface area is 260 Å². The lowest BCUT2D eigenvalue weighted by Crippen LogP contribution is -2.31. The van der Waals surface area contributed by atoms with Crippen molar-refractivity contribution in [2.24, 2.45) is 10.4 Å². The summed E-state index contributed by atoms with van der Waals surface area (Å²) in [5.41, 5.74) is 2.69. The summed E-state index contributed by atoms with van der Waals surface area (Å²) in [6, 6.07) is 10.3. The molecule has 0 heterocycles. The molecule has 0 aliphatic carbocycles. The van der Waals surface area contributed by atoms with Gasteiger partial charge in [0.25, 0.3) is 0 Å². The van der Waals surface area contributed by atoms with Crippen molar-refractivity contribution in [3.8, 4) is 11.8 Å². The van der Waals surface area contributed by atoms with Crippen LogP contribution in [-0.4, -0.2) is 25.4 Å². The van der Waals surface area contributed by atoms with Gasteiger partial charge in [-0.25, -0.2) is 9.18 Å². The van der Waals surface area contributed by atoms with E-state index in [9.17, 15) is 4.79 Å². The molecule has 0 aliphatic heterocycles. The highest BCUT2D eigenvalue weighted by Crippen LogP contribution is 2.34. The van der Waals surface area contributed by atoms with Gasteiger partial charge in [0.2, 0.25) is 0 Å². The number of hydrogen-bond donors (Lipinski definition) is 3. The molecule has 0 bridgehead atoms. The monoisotopic (exact) mass is 595 g/mol. The molecule has 0 unspecified atom stereocenters. The summed E-state index contributed by atoms with van der Waals surface area (Å²) in [5.74, 6) is -0.0381. The first-order valence-electron chi connectivity index (χ1n) is 15.5. The Morgan fingerprint density at radius 3 is 2.33 bits per heavy atom. The zero-order valence-corrected chi connectivity index (χ0v) is 27.9. The average molecular weight is 596 g/mol. The van der Waals surface area contributed by atoms with E-state index in [1.165, 1.54) is 18.9 Å². The second kappa shape index (κ2) is 21.8. The Morgan fingerprint density at radius 1 is 1.09 bits per heavy atom. The lowest BCUT2D eigenvalue weighted by Gasteiger charge is -2.17. The van der Waals surface area contributed by atoms with Gasteiger partial charge in [-0.05, 0) is 64.3 Å². The number of nitrogens with one attached hydrogen (secondary N) is 3. The molecule has 0 aliphatic rings.